The van der Waals surface area contributed by atoms with Crippen molar-refractivity contribution in [2.24, 2.45) is 5.73 Å². The van der Waals surface area contributed by atoms with Gasteiger partial charge in [-0.05, 0) is 18.9 Å². The van der Waals surface area contributed by atoms with E-state index in [9.17, 15) is 10.1 Å². The molecule has 1 aliphatic heterocycles. The van der Waals surface area contributed by atoms with Crippen molar-refractivity contribution in [1.29, 1.82) is 0 Å². The fourth-order valence-corrected chi connectivity index (χ4v) is 2.42. The van der Waals surface area contributed by atoms with E-state index in [0.29, 0.717) is 18.3 Å². The molecule has 1 unspecified atom stereocenters. The Morgan fingerprint density at radius 1 is 1.61 bits per heavy atom. The Kier molecular flexibility index (Phi) is 3.66. The Balaban J connectivity index is 2.32. The normalized spacial score (nSPS) is 19.0. The van der Waals surface area contributed by atoms with Crippen LogP contribution < -0.4 is 15.4 Å². The Morgan fingerprint density at radius 3 is 3.00 bits per heavy atom. The van der Waals surface area contributed by atoms with Gasteiger partial charge in [0, 0.05) is 37.0 Å². The lowest BCUT2D eigenvalue weighted by atomic mass is 10.2. The topological polar surface area (TPSA) is 81.6 Å². The van der Waals surface area contributed by atoms with Crippen LogP contribution in [-0.2, 0) is 0 Å². The number of nitro benzene ring substituents is 1. The van der Waals surface area contributed by atoms with Gasteiger partial charge in [0.1, 0.15) is 0 Å². The first-order valence-corrected chi connectivity index (χ1v) is 5.96. The first-order chi connectivity index (χ1) is 8.67. The molecule has 0 radical (unpaired) electrons. The van der Waals surface area contributed by atoms with E-state index in [1.165, 1.54) is 13.2 Å². The molecule has 1 heterocycles. The highest BCUT2D eigenvalue weighted by Gasteiger charge is 2.25. The number of methoxy groups -OCH3 is 1. The van der Waals surface area contributed by atoms with Crippen molar-refractivity contribution >= 4 is 11.4 Å². The van der Waals surface area contributed by atoms with Crippen LogP contribution in [0.2, 0.25) is 0 Å². The summed E-state index contributed by atoms with van der Waals surface area (Å²) in [6.45, 7) is 1.53. The summed E-state index contributed by atoms with van der Waals surface area (Å²) in [5.74, 6) is 0.292. The maximum atomic E-state index is 10.8. The molecule has 0 aromatic heterocycles. The number of hydrogen-bond acceptors (Lipinski definition) is 5. The van der Waals surface area contributed by atoms with Gasteiger partial charge in [-0.2, -0.15) is 0 Å². The molecule has 1 aliphatic rings. The van der Waals surface area contributed by atoms with Gasteiger partial charge in [0.2, 0.25) is 0 Å². The lowest BCUT2D eigenvalue weighted by Gasteiger charge is -2.25. The second-order valence-corrected chi connectivity index (χ2v) is 4.34. The van der Waals surface area contributed by atoms with Crippen LogP contribution in [0.15, 0.2) is 18.2 Å². The van der Waals surface area contributed by atoms with Crippen LogP contribution in [-0.4, -0.2) is 31.2 Å². The van der Waals surface area contributed by atoms with Crippen LogP contribution in [0.3, 0.4) is 0 Å². The molecule has 2 N–H and O–H groups in total. The van der Waals surface area contributed by atoms with Gasteiger partial charge >= 0.3 is 5.69 Å². The van der Waals surface area contributed by atoms with E-state index in [-0.39, 0.29) is 5.69 Å². The average molecular weight is 251 g/mol. The summed E-state index contributed by atoms with van der Waals surface area (Å²) in [4.78, 5) is 12.6. The van der Waals surface area contributed by atoms with Gasteiger partial charge in [-0.15, -0.1) is 0 Å². The molecule has 1 aromatic carbocycles. The van der Waals surface area contributed by atoms with Gasteiger partial charge < -0.3 is 15.4 Å². The zero-order chi connectivity index (χ0) is 13.1. The zero-order valence-corrected chi connectivity index (χ0v) is 10.3. The first-order valence-electron chi connectivity index (χ1n) is 5.96. The minimum absolute atomic E-state index is 0.00949. The second kappa shape index (κ2) is 5.22. The predicted octanol–water partition coefficient (Wildman–Crippen LogP) is 1.53. The number of anilines is 1. The SMILES string of the molecule is COc1cc(N2CCCC2CN)ccc1[N+](=O)[O-]. The van der Waals surface area contributed by atoms with Crippen molar-refractivity contribution in [3.8, 4) is 5.75 Å². The molecule has 1 atom stereocenters. The number of hydrogen-bond donors (Lipinski definition) is 1. The Labute approximate surface area is 105 Å². The minimum atomic E-state index is -0.437. The van der Waals surface area contributed by atoms with E-state index in [1.807, 2.05) is 0 Å². The molecule has 18 heavy (non-hydrogen) atoms. The molecular formula is C12H17N3O3. The predicted molar refractivity (Wildman–Crippen MR) is 69.1 cm³/mol. The van der Waals surface area contributed by atoms with Gasteiger partial charge in [0.15, 0.2) is 5.75 Å². The van der Waals surface area contributed by atoms with E-state index in [2.05, 4.69) is 4.90 Å². The second-order valence-electron chi connectivity index (χ2n) is 4.34. The summed E-state index contributed by atoms with van der Waals surface area (Å²) in [5, 5.41) is 10.8. The first kappa shape index (κ1) is 12.6. The fourth-order valence-electron chi connectivity index (χ4n) is 2.42. The third-order valence-corrected chi connectivity index (χ3v) is 3.34. The number of nitro groups is 1. The molecule has 6 heteroatoms. The molecule has 1 saturated heterocycles. The fraction of sp³-hybridized carbons (Fsp3) is 0.500. The standard InChI is InChI=1S/C12H17N3O3/c1-18-12-7-9(4-5-11(12)15(16)17)14-6-2-3-10(14)8-13/h4-5,7,10H,2-3,6,8,13H2,1H3. The number of benzene rings is 1. The van der Waals surface area contributed by atoms with Crippen molar-refractivity contribution in [2.75, 3.05) is 25.1 Å². The van der Waals surface area contributed by atoms with Crippen molar-refractivity contribution in [3.63, 3.8) is 0 Å². The highest BCUT2D eigenvalue weighted by Crippen LogP contribution is 2.34. The molecular weight excluding hydrogens is 234 g/mol. The maximum absolute atomic E-state index is 10.8. The Bertz CT molecular complexity index is 450. The molecule has 2 rings (SSSR count). The molecule has 0 spiro atoms. The van der Waals surface area contributed by atoms with Crippen LogP contribution in [0, 0.1) is 10.1 Å². The van der Waals surface area contributed by atoms with Crippen LogP contribution in [0.5, 0.6) is 5.75 Å². The van der Waals surface area contributed by atoms with Crippen LogP contribution in [0.25, 0.3) is 0 Å². The third-order valence-electron chi connectivity index (χ3n) is 3.34. The van der Waals surface area contributed by atoms with Crippen molar-refractivity contribution in [3.05, 3.63) is 28.3 Å². The maximum Gasteiger partial charge on any atom is 0.311 e. The average Bonchev–Trinajstić information content (AvgIpc) is 2.86. The molecule has 6 nitrogen and oxygen atoms in total. The third kappa shape index (κ3) is 2.24. The molecule has 0 saturated carbocycles. The van der Waals surface area contributed by atoms with Crippen molar-refractivity contribution in [2.45, 2.75) is 18.9 Å². The number of ether oxygens (including phenoxy) is 1. The summed E-state index contributed by atoms with van der Waals surface area (Å²) < 4.78 is 5.08. The molecule has 0 bridgehead atoms. The minimum Gasteiger partial charge on any atom is -0.490 e. The lowest BCUT2D eigenvalue weighted by molar-refractivity contribution is -0.385. The van der Waals surface area contributed by atoms with Crippen molar-refractivity contribution < 1.29 is 9.66 Å². The van der Waals surface area contributed by atoms with Crippen LogP contribution >= 0.6 is 0 Å². The monoisotopic (exact) mass is 251 g/mol. The molecule has 1 aromatic rings. The summed E-state index contributed by atoms with van der Waals surface area (Å²) >= 11 is 0. The van der Waals surface area contributed by atoms with Gasteiger partial charge in [-0.25, -0.2) is 0 Å². The molecule has 98 valence electrons. The Morgan fingerprint density at radius 2 is 2.39 bits per heavy atom. The van der Waals surface area contributed by atoms with Gasteiger partial charge in [-0.3, -0.25) is 10.1 Å². The summed E-state index contributed by atoms with van der Waals surface area (Å²) in [6, 6.07) is 5.28. The van der Waals surface area contributed by atoms with Crippen LogP contribution in [0.4, 0.5) is 11.4 Å². The summed E-state index contributed by atoms with van der Waals surface area (Å²) in [5.41, 5.74) is 6.66. The molecule has 0 amide bonds. The van der Waals surface area contributed by atoms with Gasteiger partial charge in [-0.1, -0.05) is 0 Å². The summed E-state index contributed by atoms with van der Waals surface area (Å²) in [7, 11) is 1.44. The van der Waals surface area contributed by atoms with Gasteiger partial charge in [0.25, 0.3) is 0 Å². The van der Waals surface area contributed by atoms with Crippen molar-refractivity contribution in [1.82, 2.24) is 0 Å². The van der Waals surface area contributed by atoms with Gasteiger partial charge in [0.05, 0.1) is 12.0 Å². The molecule has 1 fully saturated rings. The zero-order valence-electron chi connectivity index (χ0n) is 10.3. The van der Waals surface area contributed by atoms with E-state index >= 15 is 0 Å². The highest BCUT2D eigenvalue weighted by molar-refractivity contribution is 5.60. The smallest absolute Gasteiger partial charge is 0.311 e. The largest absolute Gasteiger partial charge is 0.490 e. The lowest BCUT2D eigenvalue weighted by Crippen LogP contribution is -2.35. The number of nitrogens with zero attached hydrogens (tertiary/aromatic N) is 2. The highest BCUT2D eigenvalue weighted by atomic mass is 16.6. The van der Waals surface area contributed by atoms with E-state index in [1.54, 1.807) is 12.1 Å². The van der Waals surface area contributed by atoms with E-state index < -0.39 is 4.92 Å². The molecule has 0 aliphatic carbocycles. The van der Waals surface area contributed by atoms with E-state index in [0.717, 1.165) is 25.1 Å². The number of rotatable bonds is 4. The Hall–Kier alpha value is -1.82. The summed E-state index contributed by atoms with van der Waals surface area (Å²) in [6.07, 6.45) is 2.16. The quantitative estimate of drug-likeness (QED) is 0.648. The van der Waals surface area contributed by atoms with E-state index in [4.69, 9.17) is 10.5 Å². The number of nitrogens with two attached hydrogens (primary N) is 1. The van der Waals surface area contributed by atoms with Crippen LogP contribution in [0.1, 0.15) is 12.8 Å².